The third-order valence-corrected chi connectivity index (χ3v) is 4.73. The van der Waals surface area contributed by atoms with E-state index in [2.05, 4.69) is 100 Å². The Hall–Kier alpha value is -2.51. The first-order valence-corrected chi connectivity index (χ1v) is 9.32. The molecule has 0 heterocycles. The van der Waals surface area contributed by atoms with Crippen LogP contribution < -0.4 is 9.80 Å². The van der Waals surface area contributed by atoms with Gasteiger partial charge in [-0.05, 0) is 61.0 Å². The molecular weight excluding hydrogens is 332 g/mol. The smallest absolute Gasteiger partial charge is 0.0995 e. The van der Waals surface area contributed by atoms with Gasteiger partial charge in [0.1, 0.15) is 0 Å². The van der Waals surface area contributed by atoms with Gasteiger partial charge in [-0.3, -0.25) is 4.90 Å². The Balaban J connectivity index is 2.23. The molecule has 0 radical (unpaired) electrons. The first kappa shape index (κ1) is 20.8. The fraction of sp³-hybridized carbons (Fsp3) is 0.435. The Morgan fingerprint density at radius 1 is 0.852 bits per heavy atom. The Bertz CT molecular complexity index is 795. The molecule has 0 spiro atoms. The van der Waals surface area contributed by atoms with Crippen LogP contribution in [0.25, 0.3) is 0 Å². The number of nitrogens with zero attached hydrogens (tertiary/aromatic N) is 4. The number of nitriles is 1. The van der Waals surface area contributed by atoms with E-state index in [4.69, 9.17) is 0 Å². The van der Waals surface area contributed by atoms with Crippen molar-refractivity contribution in [3.63, 3.8) is 0 Å². The Kier molecular flexibility index (Phi) is 6.51. The monoisotopic (exact) mass is 364 g/mol. The van der Waals surface area contributed by atoms with Crippen molar-refractivity contribution < 1.29 is 0 Å². The number of hydrogen-bond acceptors (Lipinski definition) is 4. The van der Waals surface area contributed by atoms with Gasteiger partial charge >= 0.3 is 0 Å². The van der Waals surface area contributed by atoms with Gasteiger partial charge in [0.05, 0.1) is 18.3 Å². The Labute approximate surface area is 164 Å². The first-order chi connectivity index (χ1) is 12.6. The van der Waals surface area contributed by atoms with Crippen LogP contribution in [0.15, 0.2) is 42.5 Å². The average Bonchev–Trinajstić information content (AvgIpc) is 2.60. The topological polar surface area (TPSA) is 33.5 Å². The standard InChI is InChI=1S/C23H32N4/c1-23(2,3)20-9-12-21(13-10-20)26(6)16-19-14-22(11-8-18(19)15-24)27(7)17-25(4)5/h8-14H,16-17H2,1-7H3. The predicted octanol–water partition coefficient (Wildman–Crippen LogP) is 4.45. The quantitative estimate of drug-likeness (QED) is 0.709. The molecule has 27 heavy (non-hydrogen) atoms. The maximum atomic E-state index is 9.51. The normalized spacial score (nSPS) is 11.4. The van der Waals surface area contributed by atoms with Gasteiger partial charge in [0.2, 0.25) is 0 Å². The largest absolute Gasteiger partial charge is 0.370 e. The zero-order valence-corrected chi connectivity index (χ0v) is 17.7. The highest BCUT2D eigenvalue weighted by Crippen LogP contribution is 2.26. The van der Waals surface area contributed by atoms with Crippen molar-refractivity contribution in [2.45, 2.75) is 32.7 Å². The van der Waals surface area contributed by atoms with Gasteiger partial charge in [0.15, 0.2) is 0 Å². The van der Waals surface area contributed by atoms with Crippen molar-refractivity contribution in [1.29, 1.82) is 5.26 Å². The van der Waals surface area contributed by atoms with E-state index in [-0.39, 0.29) is 5.41 Å². The highest BCUT2D eigenvalue weighted by molar-refractivity contribution is 5.55. The number of rotatable bonds is 6. The molecule has 0 amide bonds. The first-order valence-electron chi connectivity index (χ1n) is 9.32. The lowest BCUT2D eigenvalue weighted by Crippen LogP contribution is -2.30. The van der Waals surface area contributed by atoms with E-state index >= 15 is 0 Å². The highest BCUT2D eigenvalue weighted by atomic mass is 15.3. The van der Waals surface area contributed by atoms with E-state index in [1.54, 1.807) is 0 Å². The van der Waals surface area contributed by atoms with Crippen molar-refractivity contribution in [3.8, 4) is 6.07 Å². The summed E-state index contributed by atoms with van der Waals surface area (Å²) < 4.78 is 0. The minimum Gasteiger partial charge on any atom is -0.370 e. The summed E-state index contributed by atoms with van der Waals surface area (Å²) in [7, 11) is 8.25. The second-order valence-corrected chi connectivity index (χ2v) is 8.53. The minimum absolute atomic E-state index is 0.149. The van der Waals surface area contributed by atoms with Crippen molar-refractivity contribution in [1.82, 2.24) is 4.90 Å². The van der Waals surface area contributed by atoms with Crippen molar-refractivity contribution >= 4 is 11.4 Å². The SMILES string of the molecule is CN(C)CN(C)c1ccc(C#N)c(CN(C)c2ccc(C(C)(C)C)cc2)c1. The summed E-state index contributed by atoms with van der Waals surface area (Å²) in [6.07, 6.45) is 0. The summed E-state index contributed by atoms with van der Waals surface area (Å²) in [5, 5.41) is 9.51. The van der Waals surface area contributed by atoms with Crippen molar-refractivity contribution in [2.24, 2.45) is 0 Å². The molecule has 0 saturated carbocycles. The van der Waals surface area contributed by atoms with Gasteiger partial charge in [-0.2, -0.15) is 5.26 Å². The third-order valence-electron chi connectivity index (χ3n) is 4.73. The number of benzene rings is 2. The second-order valence-electron chi connectivity index (χ2n) is 8.53. The van der Waals surface area contributed by atoms with Crippen LogP contribution in [0.3, 0.4) is 0 Å². The molecule has 0 bridgehead atoms. The lowest BCUT2D eigenvalue weighted by atomic mass is 9.87. The lowest BCUT2D eigenvalue weighted by Gasteiger charge is -2.26. The maximum Gasteiger partial charge on any atom is 0.0995 e. The van der Waals surface area contributed by atoms with E-state index in [1.165, 1.54) is 5.56 Å². The van der Waals surface area contributed by atoms with Crippen LogP contribution in [0.1, 0.15) is 37.5 Å². The van der Waals surface area contributed by atoms with Gasteiger partial charge in [0.25, 0.3) is 0 Å². The molecule has 0 aliphatic carbocycles. The average molecular weight is 365 g/mol. The lowest BCUT2D eigenvalue weighted by molar-refractivity contribution is 0.412. The molecule has 0 fully saturated rings. The van der Waals surface area contributed by atoms with E-state index < -0.39 is 0 Å². The van der Waals surface area contributed by atoms with Crippen LogP contribution in [-0.2, 0) is 12.0 Å². The molecule has 0 aromatic heterocycles. The molecule has 4 heteroatoms. The van der Waals surface area contributed by atoms with E-state index in [0.29, 0.717) is 6.54 Å². The molecule has 2 rings (SSSR count). The molecule has 2 aromatic rings. The predicted molar refractivity (Wildman–Crippen MR) is 115 cm³/mol. The third kappa shape index (κ3) is 5.48. The zero-order valence-electron chi connectivity index (χ0n) is 17.7. The van der Waals surface area contributed by atoms with Crippen LogP contribution in [0.4, 0.5) is 11.4 Å². The van der Waals surface area contributed by atoms with Crippen molar-refractivity contribution in [3.05, 3.63) is 59.2 Å². The minimum atomic E-state index is 0.149. The van der Waals surface area contributed by atoms with E-state index in [9.17, 15) is 5.26 Å². The molecule has 2 aromatic carbocycles. The fourth-order valence-electron chi connectivity index (χ4n) is 3.13. The second kappa shape index (κ2) is 8.45. The van der Waals surface area contributed by atoms with E-state index in [0.717, 1.165) is 29.2 Å². The van der Waals surface area contributed by atoms with Gasteiger partial charge in [0, 0.05) is 32.0 Å². The van der Waals surface area contributed by atoms with Crippen LogP contribution >= 0.6 is 0 Å². The van der Waals surface area contributed by atoms with Crippen LogP contribution in [0, 0.1) is 11.3 Å². The summed E-state index contributed by atoms with van der Waals surface area (Å²) >= 11 is 0. The van der Waals surface area contributed by atoms with Gasteiger partial charge < -0.3 is 9.80 Å². The zero-order chi connectivity index (χ0) is 20.2. The number of anilines is 2. The van der Waals surface area contributed by atoms with Crippen LogP contribution in [-0.4, -0.2) is 39.8 Å². The summed E-state index contributed by atoms with van der Waals surface area (Å²) in [6.45, 7) is 8.19. The summed E-state index contributed by atoms with van der Waals surface area (Å²) in [5.74, 6) is 0. The molecule has 4 nitrogen and oxygen atoms in total. The molecule has 0 aliphatic heterocycles. The highest BCUT2D eigenvalue weighted by Gasteiger charge is 2.14. The van der Waals surface area contributed by atoms with Gasteiger partial charge in [-0.25, -0.2) is 0 Å². The molecule has 0 atom stereocenters. The number of hydrogen-bond donors (Lipinski definition) is 0. The van der Waals surface area contributed by atoms with Gasteiger partial charge in [-0.15, -0.1) is 0 Å². The van der Waals surface area contributed by atoms with Crippen molar-refractivity contribution in [2.75, 3.05) is 44.7 Å². The summed E-state index contributed by atoms with van der Waals surface area (Å²) in [6, 6.07) is 17.1. The molecule has 0 N–H and O–H groups in total. The molecule has 0 saturated heterocycles. The fourth-order valence-corrected chi connectivity index (χ4v) is 3.13. The molecule has 0 unspecified atom stereocenters. The summed E-state index contributed by atoms with van der Waals surface area (Å²) in [5.41, 5.74) is 5.52. The van der Waals surface area contributed by atoms with Crippen LogP contribution in [0.2, 0.25) is 0 Å². The molecule has 0 aliphatic rings. The maximum absolute atomic E-state index is 9.51. The summed E-state index contributed by atoms with van der Waals surface area (Å²) in [4.78, 5) is 6.50. The van der Waals surface area contributed by atoms with Crippen LogP contribution in [0.5, 0.6) is 0 Å². The Morgan fingerprint density at radius 3 is 1.96 bits per heavy atom. The molecular formula is C23H32N4. The Morgan fingerprint density at radius 2 is 1.44 bits per heavy atom. The van der Waals surface area contributed by atoms with Gasteiger partial charge in [-0.1, -0.05) is 32.9 Å². The molecule has 144 valence electrons. The van der Waals surface area contributed by atoms with E-state index in [1.807, 2.05) is 12.1 Å².